The first kappa shape index (κ1) is 12.7. The fraction of sp³-hybridized carbons (Fsp3) is 0.750. The third-order valence-corrected chi connectivity index (χ3v) is 3.27. The molecule has 15 heavy (non-hydrogen) atoms. The molecule has 1 N–H and O–H groups in total. The summed E-state index contributed by atoms with van der Waals surface area (Å²) < 4.78 is 0. The molecule has 1 unspecified atom stereocenters. The Balaban J connectivity index is 2.61. The Kier molecular flexibility index (Phi) is 4.29. The van der Waals surface area contributed by atoms with Crippen LogP contribution in [0.3, 0.4) is 0 Å². The van der Waals surface area contributed by atoms with Gasteiger partial charge in [0.15, 0.2) is 0 Å². The van der Waals surface area contributed by atoms with Gasteiger partial charge in [0.25, 0.3) is 0 Å². The molecule has 1 aromatic rings. The van der Waals surface area contributed by atoms with Gasteiger partial charge in [-0.15, -0.1) is 11.3 Å². The number of nitrogens with zero attached hydrogens (tertiary/aromatic N) is 1. The van der Waals surface area contributed by atoms with Crippen molar-refractivity contribution in [2.75, 3.05) is 13.6 Å². The van der Waals surface area contributed by atoms with E-state index in [2.05, 4.69) is 38.4 Å². The summed E-state index contributed by atoms with van der Waals surface area (Å²) in [5.74, 6) is 0.661. The average molecular weight is 226 g/mol. The lowest BCUT2D eigenvalue weighted by Gasteiger charge is -2.14. The van der Waals surface area contributed by atoms with Crippen molar-refractivity contribution in [3.8, 4) is 0 Å². The van der Waals surface area contributed by atoms with E-state index in [-0.39, 0.29) is 5.41 Å². The molecule has 1 rings (SSSR count). The van der Waals surface area contributed by atoms with E-state index < -0.39 is 0 Å². The predicted molar refractivity (Wildman–Crippen MR) is 67.6 cm³/mol. The smallest absolute Gasteiger partial charge is 0.0931 e. The minimum absolute atomic E-state index is 0.182. The van der Waals surface area contributed by atoms with Crippen LogP contribution in [-0.4, -0.2) is 18.6 Å². The van der Waals surface area contributed by atoms with Crippen molar-refractivity contribution >= 4 is 11.3 Å². The van der Waals surface area contributed by atoms with E-state index in [4.69, 9.17) is 4.98 Å². The number of nitrogens with one attached hydrogen (secondary N) is 1. The molecule has 1 aromatic heterocycles. The van der Waals surface area contributed by atoms with Gasteiger partial charge in [-0.1, -0.05) is 27.7 Å². The minimum Gasteiger partial charge on any atom is -0.319 e. The molecule has 0 radical (unpaired) electrons. The zero-order valence-electron chi connectivity index (χ0n) is 10.4. The topological polar surface area (TPSA) is 24.9 Å². The molecular weight excluding hydrogens is 204 g/mol. The van der Waals surface area contributed by atoms with E-state index in [9.17, 15) is 0 Å². The van der Waals surface area contributed by atoms with Crippen LogP contribution in [0.2, 0.25) is 0 Å². The molecule has 0 aliphatic heterocycles. The number of rotatable bonds is 4. The largest absolute Gasteiger partial charge is 0.319 e. The molecule has 0 aliphatic carbocycles. The highest BCUT2D eigenvalue weighted by atomic mass is 32.1. The van der Waals surface area contributed by atoms with Crippen molar-refractivity contribution in [1.82, 2.24) is 10.3 Å². The van der Waals surface area contributed by atoms with Crippen LogP contribution in [0, 0.1) is 5.92 Å². The number of hydrogen-bond acceptors (Lipinski definition) is 3. The van der Waals surface area contributed by atoms with Gasteiger partial charge in [-0.25, -0.2) is 4.98 Å². The molecule has 1 atom stereocenters. The third-order valence-electron chi connectivity index (χ3n) is 2.40. The van der Waals surface area contributed by atoms with Crippen molar-refractivity contribution in [2.24, 2.45) is 5.92 Å². The van der Waals surface area contributed by atoms with Crippen molar-refractivity contribution in [1.29, 1.82) is 0 Å². The molecule has 1 heterocycles. The van der Waals surface area contributed by atoms with Gasteiger partial charge in [0, 0.05) is 17.2 Å². The number of thiazole rings is 1. The molecule has 86 valence electrons. The fourth-order valence-electron chi connectivity index (χ4n) is 1.47. The molecule has 0 amide bonds. The van der Waals surface area contributed by atoms with Crippen LogP contribution in [0.15, 0.2) is 5.38 Å². The Bertz CT molecular complexity index is 299. The van der Waals surface area contributed by atoms with Crippen molar-refractivity contribution in [3.05, 3.63) is 16.1 Å². The van der Waals surface area contributed by atoms with Gasteiger partial charge in [0.05, 0.1) is 10.7 Å². The van der Waals surface area contributed by atoms with Gasteiger partial charge in [-0.2, -0.15) is 0 Å². The average Bonchev–Trinajstić information content (AvgIpc) is 2.52. The molecule has 0 saturated heterocycles. The molecule has 0 aromatic carbocycles. The second-order valence-electron chi connectivity index (χ2n) is 5.24. The maximum atomic E-state index is 4.69. The van der Waals surface area contributed by atoms with E-state index in [0.717, 1.165) is 13.0 Å². The molecule has 0 fully saturated rings. The van der Waals surface area contributed by atoms with Crippen LogP contribution in [0.25, 0.3) is 0 Å². The molecule has 0 bridgehead atoms. The lowest BCUT2D eigenvalue weighted by Crippen LogP contribution is -2.18. The van der Waals surface area contributed by atoms with Crippen molar-refractivity contribution in [2.45, 2.75) is 39.5 Å². The normalized spacial score (nSPS) is 14.2. The summed E-state index contributed by atoms with van der Waals surface area (Å²) in [5.41, 5.74) is 1.40. The van der Waals surface area contributed by atoms with E-state index in [1.807, 2.05) is 7.05 Å². The zero-order chi connectivity index (χ0) is 11.5. The number of hydrogen-bond donors (Lipinski definition) is 1. The summed E-state index contributed by atoms with van der Waals surface area (Å²) >= 11 is 1.79. The predicted octanol–water partition coefficient (Wildman–Crippen LogP) is 2.84. The van der Waals surface area contributed by atoms with Crippen molar-refractivity contribution in [3.63, 3.8) is 0 Å². The highest BCUT2D eigenvalue weighted by Crippen LogP contribution is 2.24. The van der Waals surface area contributed by atoms with Crippen LogP contribution < -0.4 is 5.32 Å². The Labute approximate surface area is 97.1 Å². The summed E-state index contributed by atoms with van der Waals surface area (Å²) in [6, 6.07) is 0. The number of aromatic nitrogens is 1. The molecule has 2 nitrogen and oxygen atoms in total. The molecular formula is C12H22N2S. The lowest BCUT2D eigenvalue weighted by atomic mass is 9.93. The Morgan fingerprint density at radius 1 is 1.47 bits per heavy atom. The first-order valence-corrected chi connectivity index (χ1v) is 6.41. The van der Waals surface area contributed by atoms with Crippen LogP contribution in [0.4, 0.5) is 0 Å². The highest BCUT2D eigenvalue weighted by Gasteiger charge is 2.17. The standard InChI is InChI=1S/C12H22N2S/c1-9(7-13-5)6-11-14-10(8-15-11)12(2,3)4/h8-9,13H,6-7H2,1-5H3. The zero-order valence-corrected chi connectivity index (χ0v) is 11.2. The molecule has 3 heteroatoms. The summed E-state index contributed by atoms with van der Waals surface area (Å²) in [5, 5.41) is 6.66. The second-order valence-corrected chi connectivity index (χ2v) is 6.19. The van der Waals surface area contributed by atoms with Gasteiger partial charge in [0.1, 0.15) is 0 Å². The summed E-state index contributed by atoms with van der Waals surface area (Å²) in [7, 11) is 2.00. The lowest BCUT2D eigenvalue weighted by molar-refractivity contribution is 0.532. The van der Waals surface area contributed by atoms with Crippen molar-refractivity contribution < 1.29 is 0 Å². The maximum absolute atomic E-state index is 4.69. The van der Waals surface area contributed by atoms with E-state index in [1.54, 1.807) is 11.3 Å². The van der Waals surface area contributed by atoms with Crippen LogP contribution >= 0.6 is 11.3 Å². The third kappa shape index (κ3) is 3.92. The van der Waals surface area contributed by atoms with Gasteiger partial charge in [-0.05, 0) is 19.5 Å². The minimum atomic E-state index is 0.182. The van der Waals surface area contributed by atoms with Crippen LogP contribution in [-0.2, 0) is 11.8 Å². The van der Waals surface area contributed by atoms with Crippen LogP contribution in [0.1, 0.15) is 38.4 Å². The monoisotopic (exact) mass is 226 g/mol. The van der Waals surface area contributed by atoms with Crippen LogP contribution in [0.5, 0.6) is 0 Å². The Morgan fingerprint density at radius 3 is 2.60 bits per heavy atom. The second kappa shape index (κ2) is 5.08. The fourth-order valence-corrected chi connectivity index (χ4v) is 2.65. The summed E-state index contributed by atoms with van der Waals surface area (Å²) in [6.07, 6.45) is 1.08. The maximum Gasteiger partial charge on any atom is 0.0931 e. The van der Waals surface area contributed by atoms with E-state index in [1.165, 1.54) is 10.7 Å². The first-order valence-electron chi connectivity index (χ1n) is 5.53. The molecule has 0 spiro atoms. The quantitative estimate of drug-likeness (QED) is 0.854. The molecule has 0 saturated carbocycles. The molecule has 0 aliphatic rings. The first-order chi connectivity index (χ1) is 6.93. The van der Waals surface area contributed by atoms with Gasteiger partial charge in [0.2, 0.25) is 0 Å². The SMILES string of the molecule is CNCC(C)Cc1nc(C(C)(C)C)cs1. The highest BCUT2D eigenvalue weighted by molar-refractivity contribution is 7.09. The summed E-state index contributed by atoms with van der Waals surface area (Å²) in [6.45, 7) is 9.95. The van der Waals surface area contributed by atoms with Gasteiger partial charge < -0.3 is 5.32 Å². The van der Waals surface area contributed by atoms with E-state index in [0.29, 0.717) is 5.92 Å². The van der Waals surface area contributed by atoms with Gasteiger partial charge >= 0.3 is 0 Å². The Hall–Kier alpha value is -0.410. The van der Waals surface area contributed by atoms with Gasteiger partial charge in [-0.3, -0.25) is 0 Å². The van der Waals surface area contributed by atoms with E-state index >= 15 is 0 Å². The Morgan fingerprint density at radius 2 is 2.13 bits per heavy atom. The summed E-state index contributed by atoms with van der Waals surface area (Å²) in [4.78, 5) is 4.69.